The summed E-state index contributed by atoms with van der Waals surface area (Å²) in [6, 6.07) is 11.5. The Kier molecular flexibility index (Phi) is 3.52. The largest absolute Gasteiger partial charge is 0.289 e. The topological polar surface area (TPSA) is 30.0 Å². The zero-order valence-corrected chi connectivity index (χ0v) is 11.9. The number of nitrogens with zero attached hydrogens (tertiary/aromatic N) is 1. The maximum absolute atomic E-state index is 12.3. The monoisotopic (exact) mass is 253 g/mol. The van der Waals surface area contributed by atoms with Crippen molar-refractivity contribution in [3.05, 3.63) is 65.0 Å². The lowest BCUT2D eigenvalue weighted by molar-refractivity contribution is 0.103. The van der Waals surface area contributed by atoms with E-state index in [9.17, 15) is 4.79 Å². The van der Waals surface area contributed by atoms with Gasteiger partial charge >= 0.3 is 0 Å². The summed E-state index contributed by atoms with van der Waals surface area (Å²) in [5, 5.41) is 0. The lowest BCUT2D eigenvalue weighted by Crippen LogP contribution is -2.11. The van der Waals surface area contributed by atoms with Crippen LogP contribution in [-0.2, 0) is 5.41 Å². The first-order valence-electron chi connectivity index (χ1n) is 6.46. The fourth-order valence-corrected chi connectivity index (χ4v) is 1.89. The molecule has 0 aliphatic carbocycles. The van der Waals surface area contributed by atoms with Crippen molar-refractivity contribution in [3.63, 3.8) is 0 Å². The zero-order valence-electron chi connectivity index (χ0n) is 11.9. The molecule has 1 heterocycles. The van der Waals surface area contributed by atoms with Crippen molar-refractivity contribution in [3.8, 4) is 0 Å². The highest BCUT2D eigenvalue weighted by molar-refractivity contribution is 6.08. The molecule has 0 unspecified atom stereocenters. The molecule has 2 aromatic rings. The number of benzene rings is 1. The maximum Gasteiger partial charge on any atom is 0.194 e. The second kappa shape index (κ2) is 4.96. The van der Waals surface area contributed by atoms with Gasteiger partial charge in [-0.15, -0.1) is 0 Å². The predicted octanol–water partition coefficient (Wildman–Crippen LogP) is 3.92. The molecular formula is C17H19NO. The Hall–Kier alpha value is -1.96. The average Bonchev–Trinajstić information content (AvgIpc) is 2.38. The molecule has 1 aromatic carbocycles. The van der Waals surface area contributed by atoms with Crippen LogP contribution < -0.4 is 0 Å². The third kappa shape index (κ3) is 3.08. The SMILES string of the molecule is Cc1ccc(C(=O)c2ccc(C(C)(C)C)cc2)cn1. The highest BCUT2D eigenvalue weighted by atomic mass is 16.1. The summed E-state index contributed by atoms with van der Waals surface area (Å²) >= 11 is 0. The van der Waals surface area contributed by atoms with Gasteiger partial charge in [0.05, 0.1) is 0 Å². The fourth-order valence-electron chi connectivity index (χ4n) is 1.89. The number of aromatic nitrogens is 1. The van der Waals surface area contributed by atoms with Gasteiger partial charge in [0.25, 0.3) is 0 Å². The first kappa shape index (κ1) is 13.5. The van der Waals surface area contributed by atoms with E-state index in [-0.39, 0.29) is 11.2 Å². The number of carbonyl (C=O) groups is 1. The molecule has 0 N–H and O–H groups in total. The van der Waals surface area contributed by atoms with E-state index in [0.29, 0.717) is 11.1 Å². The number of rotatable bonds is 2. The van der Waals surface area contributed by atoms with Gasteiger partial charge < -0.3 is 0 Å². The minimum Gasteiger partial charge on any atom is -0.289 e. The molecule has 2 nitrogen and oxygen atoms in total. The van der Waals surface area contributed by atoms with Crippen LogP contribution in [0, 0.1) is 6.92 Å². The Morgan fingerprint density at radius 3 is 2.00 bits per heavy atom. The Bertz CT molecular complexity index is 574. The maximum atomic E-state index is 12.3. The molecule has 1 aromatic heterocycles. The number of pyridine rings is 1. The predicted molar refractivity (Wildman–Crippen MR) is 77.5 cm³/mol. The van der Waals surface area contributed by atoms with Crippen molar-refractivity contribution < 1.29 is 4.79 Å². The van der Waals surface area contributed by atoms with Crippen LogP contribution in [0.2, 0.25) is 0 Å². The highest BCUT2D eigenvalue weighted by Gasteiger charge is 2.15. The smallest absolute Gasteiger partial charge is 0.194 e. The Morgan fingerprint density at radius 2 is 1.53 bits per heavy atom. The summed E-state index contributed by atoms with van der Waals surface area (Å²) in [6.45, 7) is 8.39. The summed E-state index contributed by atoms with van der Waals surface area (Å²) in [5.74, 6) is 0.0213. The molecule has 19 heavy (non-hydrogen) atoms. The van der Waals surface area contributed by atoms with Crippen LogP contribution >= 0.6 is 0 Å². The standard InChI is InChI=1S/C17H19NO/c1-12-5-6-14(11-18-12)16(19)13-7-9-15(10-8-13)17(2,3)4/h5-11H,1-4H3. The normalized spacial score (nSPS) is 11.4. The van der Waals surface area contributed by atoms with Gasteiger partial charge in [-0.1, -0.05) is 45.0 Å². The summed E-state index contributed by atoms with van der Waals surface area (Å²) in [5.41, 5.74) is 3.59. The van der Waals surface area contributed by atoms with E-state index in [4.69, 9.17) is 0 Å². The van der Waals surface area contributed by atoms with Crippen molar-refractivity contribution in [2.45, 2.75) is 33.1 Å². The lowest BCUT2D eigenvalue weighted by atomic mass is 9.86. The molecule has 0 saturated carbocycles. The Labute approximate surface area is 114 Å². The number of carbonyl (C=O) groups excluding carboxylic acids is 1. The van der Waals surface area contributed by atoms with Gasteiger partial charge in [-0.3, -0.25) is 9.78 Å². The second-order valence-corrected chi connectivity index (χ2v) is 5.84. The van der Waals surface area contributed by atoms with Crippen molar-refractivity contribution >= 4 is 5.78 Å². The van der Waals surface area contributed by atoms with E-state index in [0.717, 1.165) is 5.69 Å². The molecule has 0 amide bonds. The van der Waals surface area contributed by atoms with Gasteiger partial charge in [-0.2, -0.15) is 0 Å². The van der Waals surface area contributed by atoms with Crippen molar-refractivity contribution in [1.82, 2.24) is 4.98 Å². The zero-order chi connectivity index (χ0) is 14.0. The third-order valence-corrected chi connectivity index (χ3v) is 3.19. The Morgan fingerprint density at radius 1 is 0.947 bits per heavy atom. The van der Waals surface area contributed by atoms with Crippen molar-refractivity contribution in [2.75, 3.05) is 0 Å². The molecule has 0 fully saturated rings. The summed E-state index contributed by atoms with van der Waals surface area (Å²) in [4.78, 5) is 16.4. The first-order chi connectivity index (χ1) is 8.88. The van der Waals surface area contributed by atoms with E-state index >= 15 is 0 Å². The quantitative estimate of drug-likeness (QED) is 0.759. The molecule has 2 heteroatoms. The van der Waals surface area contributed by atoms with Crippen LogP contribution in [0.4, 0.5) is 0 Å². The van der Waals surface area contributed by atoms with Gasteiger partial charge in [-0.25, -0.2) is 0 Å². The van der Waals surface area contributed by atoms with Gasteiger partial charge in [0.15, 0.2) is 5.78 Å². The number of hydrogen-bond acceptors (Lipinski definition) is 2. The first-order valence-corrected chi connectivity index (χ1v) is 6.46. The second-order valence-electron chi connectivity index (χ2n) is 5.84. The molecular weight excluding hydrogens is 234 g/mol. The van der Waals surface area contributed by atoms with E-state index in [2.05, 4.69) is 25.8 Å². The molecule has 2 rings (SSSR count). The molecule has 0 aliphatic rings. The van der Waals surface area contributed by atoms with Crippen LogP contribution in [0.5, 0.6) is 0 Å². The van der Waals surface area contributed by atoms with E-state index < -0.39 is 0 Å². The minimum atomic E-state index is 0.0213. The van der Waals surface area contributed by atoms with Gasteiger partial charge in [0, 0.05) is 23.0 Å². The van der Waals surface area contributed by atoms with Gasteiger partial charge in [0.2, 0.25) is 0 Å². The van der Waals surface area contributed by atoms with E-state index in [1.807, 2.05) is 43.3 Å². The number of aryl methyl sites for hydroxylation is 1. The van der Waals surface area contributed by atoms with Gasteiger partial charge in [0.1, 0.15) is 0 Å². The van der Waals surface area contributed by atoms with Crippen LogP contribution in [0.1, 0.15) is 48.0 Å². The van der Waals surface area contributed by atoms with Crippen molar-refractivity contribution in [2.24, 2.45) is 0 Å². The molecule has 0 bridgehead atoms. The summed E-state index contributed by atoms with van der Waals surface area (Å²) in [7, 11) is 0. The minimum absolute atomic E-state index is 0.0213. The lowest BCUT2D eigenvalue weighted by Gasteiger charge is -2.18. The number of ketones is 1. The molecule has 98 valence electrons. The highest BCUT2D eigenvalue weighted by Crippen LogP contribution is 2.22. The van der Waals surface area contributed by atoms with Crippen molar-refractivity contribution in [1.29, 1.82) is 0 Å². The molecule has 0 saturated heterocycles. The molecule has 0 radical (unpaired) electrons. The molecule has 0 aliphatic heterocycles. The fraction of sp³-hybridized carbons (Fsp3) is 0.294. The molecule has 0 atom stereocenters. The van der Waals surface area contributed by atoms with Crippen LogP contribution in [0.25, 0.3) is 0 Å². The summed E-state index contributed by atoms with van der Waals surface area (Å²) < 4.78 is 0. The average molecular weight is 253 g/mol. The third-order valence-electron chi connectivity index (χ3n) is 3.19. The molecule has 0 spiro atoms. The van der Waals surface area contributed by atoms with Crippen LogP contribution in [0.15, 0.2) is 42.6 Å². The van der Waals surface area contributed by atoms with Crippen LogP contribution in [-0.4, -0.2) is 10.8 Å². The summed E-state index contributed by atoms with van der Waals surface area (Å²) in [6.07, 6.45) is 1.63. The van der Waals surface area contributed by atoms with Crippen LogP contribution in [0.3, 0.4) is 0 Å². The number of hydrogen-bond donors (Lipinski definition) is 0. The van der Waals surface area contributed by atoms with E-state index in [1.165, 1.54) is 5.56 Å². The van der Waals surface area contributed by atoms with Gasteiger partial charge in [-0.05, 0) is 30.0 Å². The van der Waals surface area contributed by atoms with E-state index in [1.54, 1.807) is 6.20 Å². The Balaban J connectivity index is 2.27.